The van der Waals surface area contributed by atoms with E-state index in [0.29, 0.717) is 19.6 Å². The predicted octanol–water partition coefficient (Wildman–Crippen LogP) is 2.44. The monoisotopic (exact) mass is 227 g/mol. The zero-order chi connectivity index (χ0) is 9.94. The third-order valence-corrected chi connectivity index (χ3v) is 2.25. The van der Waals surface area contributed by atoms with E-state index in [-0.39, 0.29) is 5.91 Å². The van der Waals surface area contributed by atoms with Crippen LogP contribution in [0.4, 0.5) is 4.20 Å². The van der Waals surface area contributed by atoms with Crippen LogP contribution in [0.5, 0.6) is 0 Å². The maximum atomic E-state index is 11.5. The summed E-state index contributed by atoms with van der Waals surface area (Å²) in [5, 5.41) is 2.68. The molecule has 0 aliphatic heterocycles. The SMILES string of the molecule is CCCCC(=O)NCCOSPF. The molecular weight excluding hydrogens is 212 g/mol. The molecule has 13 heavy (non-hydrogen) atoms. The Bertz CT molecular complexity index is 140. The zero-order valence-electron chi connectivity index (χ0n) is 7.64. The molecule has 0 fully saturated rings. The van der Waals surface area contributed by atoms with Crippen LogP contribution in [0.25, 0.3) is 0 Å². The van der Waals surface area contributed by atoms with E-state index in [1.807, 2.05) is 6.92 Å². The second kappa shape index (κ2) is 10.2. The van der Waals surface area contributed by atoms with Gasteiger partial charge in [0, 0.05) is 13.0 Å². The maximum Gasteiger partial charge on any atom is 0.220 e. The fourth-order valence-electron chi connectivity index (χ4n) is 0.722. The minimum absolute atomic E-state index is 0.0400. The Kier molecular flexibility index (Phi) is 10.3. The molecule has 0 spiro atoms. The van der Waals surface area contributed by atoms with E-state index in [9.17, 15) is 8.99 Å². The first-order valence-corrected chi connectivity index (χ1v) is 6.56. The van der Waals surface area contributed by atoms with E-state index in [1.165, 1.54) is 0 Å². The summed E-state index contributed by atoms with van der Waals surface area (Å²) < 4.78 is 16.3. The molecule has 78 valence electrons. The maximum absolute atomic E-state index is 11.5. The summed E-state index contributed by atoms with van der Waals surface area (Å²) in [4.78, 5) is 11.0. The number of halogens is 1. The minimum atomic E-state index is -0.754. The summed E-state index contributed by atoms with van der Waals surface area (Å²) in [5.74, 6) is 0.0400. The molecule has 3 nitrogen and oxygen atoms in total. The Labute approximate surface area is 84.0 Å². The lowest BCUT2D eigenvalue weighted by molar-refractivity contribution is -0.121. The number of rotatable bonds is 8. The largest absolute Gasteiger partial charge is 0.354 e. The van der Waals surface area contributed by atoms with Crippen LogP contribution in [-0.4, -0.2) is 19.1 Å². The van der Waals surface area contributed by atoms with E-state index >= 15 is 0 Å². The summed E-state index contributed by atoms with van der Waals surface area (Å²) >= 11 is 0.787. The van der Waals surface area contributed by atoms with E-state index in [4.69, 9.17) is 4.18 Å². The Balaban J connectivity index is 3.08. The van der Waals surface area contributed by atoms with Crippen molar-refractivity contribution in [3.8, 4) is 0 Å². The summed E-state index contributed by atoms with van der Waals surface area (Å²) in [6.45, 7) is 2.86. The lowest BCUT2D eigenvalue weighted by atomic mass is 10.2. The van der Waals surface area contributed by atoms with Crippen LogP contribution < -0.4 is 5.32 Å². The molecule has 0 aromatic carbocycles. The van der Waals surface area contributed by atoms with Gasteiger partial charge in [-0.05, 0) is 6.42 Å². The van der Waals surface area contributed by atoms with Crippen LogP contribution in [0.2, 0.25) is 0 Å². The van der Waals surface area contributed by atoms with Gasteiger partial charge in [-0.25, -0.2) is 4.20 Å². The molecule has 6 heteroatoms. The summed E-state index contributed by atoms with van der Waals surface area (Å²) in [5.41, 5.74) is 0. The van der Waals surface area contributed by atoms with Gasteiger partial charge in [0.25, 0.3) is 0 Å². The highest BCUT2D eigenvalue weighted by atomic mass is 32.7. The minimum Gasteiger partial charge on any atom is -0.354 e. The van der Waals surface area contributed by atoms with Crippen LogP contribution in [0.1, 0.15) is 26.2 Å². The topological polar surface area (TPSA) is 38.3 Å². The summed E-state index contributed by atoms with van der Waals surface area (Å²) in [6.07, 6.45) is 2.49. The standard InChI is InChI=1S/C7H15FNO2PS/c1-2-3-4-7(10)9-5-6-11-13-12-8/h12H,2-6H2,1H3,(H,9,10). The van der Waals surface area contributed by atoms with Gasteiger partial charge in [-0.3, -0.25) is 4.79 Å². The van der Waals surface area contributed by atoms with Crippen molar-refractivity contribution in [2.24, 2.45) is 0 Å². The fraction of sp³-hybridized carbons (Fsp3) is 0.857. The number of hydrogen-bond donors (Lipinski definition) is 1. The van der Waals surface area contributed by atoms with E-state index in [1.54, 1.807) is 0 Å². The number of carbonyl (C=O) groups is 1. The van der Waals surface area contributed by atoms with E-state index < -0.39 is 8.09 Å². The molecule has 0 aliphatic rings. The van der Waals surface area contributed by atoms with Crippen molar-refractivity contribution in [3.05, 3.63) is 0 Å². The fourth-order valence-corrected chi connectivity index (χ4v) is 1.32. The smallest absolute Gasteiger partial charge is 0.220 e. The second-order valence-electron chi connectivity index (χ2n) is 2.44. The van der Waals surface area contributed by atoms with Crippen LogP contribution in [0, 0.1) is 0 Å². The molecule has 1 unspecified atom stereocenters. The van der Waals surface area contributed by atoms with Gasteiger partial charge in [0.2, 0.25) is 5.91 Å². The summed E-state index contributed by atoms with van der Waals surface area (Å²) in [7, 11) is -0.754. The Morgan fingerprint density at radius 1 is 1.69 bits per heavy atom. The molecule has 1 atom stereocenters. The van der Waals surface area contributed by atoms with Crippen LogP contribution in [0.15, 0.2) is 0 Å². The normalized spacial score (nSPS) is 10.9. The van der Waals surface area contributed by atoms with Gasteiger partial charge in [0.1, 0.15) is 0 Å². The van der Waals surface area contributed by atoms with Gasteiger partial charge in [0.15, 0.2) is 8.09 Å². The van der Waals surface area contributed by atoms with E-state index in [2.05, 4.69) is 5.32 Å². The van der Waals surface area contributed by atoms with Crippen molar-refractivity contribution < 1.29 is 13.2 Å². The van der Waals surface area contributed by atoms with Crippen molar-refractivity contribution in [1.29, 1.82) is 0 Å². The Hall–Kier alpha value is 0.140. The zero-order valence-corrected chi connectivity index (χ0v) is 9.45. The van der Waals surface area contributed by atoms with Gasteiger partial charge in [-0.15, -0.1) is 0 Å². The van der Waals surface area contributed by atoms with Gasteiger partial charge >= 0.3 is 0 Å². The number of amides is 1. The second-order valence-corrected chi connectivity index (χ2v) is 3.96. The van der Waals surface area contributed by atoms with Crippen molar-refractivity contribution in [3.63, 3.8) is 0 Å². The highest BCUT2D eigenvalue weighted by Gasteiger charge is 1.98. The lowest BCUT2D eigenvalue weighted by Crippen LogP contribution is -2.26. The number of nitrogens with one attached hydrogen (secondary N) is 1. The molecule has 0 saturated carbocycles. The first kappa shape index (κ1) is 13.1. The highest BCUT2D eigenvalue weighted by molar-refractivity contribution is 8.45. The molecule has 0 rings (SSSR count). The van der Waals surface area contributed by atoms with Gasteiger partial charge in [0.05, 0.1) is 18.3 Å². The van der Waals surface area contributed by atoms with Crippen LogP contribution >= 0.6 is 19.8 Å². The van der Waals surface area contributed by atoms with Crippen molar-refractivity contribution >= 4 is 25.7 Å². The third kappa shape index (κ3) is 10.1. The van der Waals surface area contributed by atoms with Gasteiger partial charge in [-0.2, -0.15) is 0 Å². The number of carbonyl (C=O) groups excluding carboxylic acids is 1. The lowest BCUT2D eigenvalue weighted by Gasteiger charge is -2.03. The Morgan fingerprint density at radius 2 is 2.46 bits per heavy atom. The predicted molar refractivity (Wildman–Crippen MR) is 55.5 cm³/mol. The molecule has 0 radical (unpaired) electrons. The molecule has 0 heterocycles. The van der Waals surface area contributed by atoms with Gasteiger partial charge in [-0.1, -0.05) is 13.3 Å². The molecule has 0 bridgehead atoms. The number of hydrogen-bond acceptors (Lipinski definition) is 3. The van der Waals surface area contributed by atoms with Crippen molar-refractivity contribution in [2.75, 3.05) is 13.2 Å². The first-order chi connectivity index (χ1) is 6.31. The third-order valence-electron chi connectivity index (χ3n) is 1.36. The first-order valence-electron chi connectivity index (χ1n) is 4.22. The molecular formula is C7H15FNO2PS. The molecule has 1 amide bonds. The average molecular weight is 227 g/mol. The highest BCUT2D eigenvalue weighted by Crippen LogP contribution is 2.30. The van der Waals surface area contributed by atoms with Gasteiger partial charge < -0.3 is 9.50 Å². The van der Waals surface area contributed by atoms with Crippen molar-refractivity contribution in [2.45, 2.75) is 26.2 Å². The van der Waals surface area contributed by atoms with Crippen molar-refractivity contribution in [1.82, 2.24) is 5.32 Å². The molecule has 0 aliphatic carbocycles. The molecule has 0 saturated heterocycles. The van der Waals surface area contributed by atoms with Crippen LogP contribution in [-0.2, 0) is 8.98 Å². The quantitative estimate of drug-likeness (QED) is 0.393. The average Bonchev–Trinajstić information content (AvgIpc) is 2.14. The molecule has 0 aromatic rings. The Morgan fingerprint density at radius 3 is 3.08 bits per heavy atom. The van der Waals surface area contributed by atoms with E-state index in [0.717, 1.165) is 24.5 Å². The van der Waals surface area contributed by atoms with Crippen LogP contribution in [0.3, 0.4) is 0 Å². The molecule has 0 aromatic heterocycles. The number of unbranched alkanes of at least 4 members (excludes halogenated alkanes) is 1. The molecule has 1 N–H and O–H groups in total. The summed E-state index contributed by atoms with van der Waals surface area (Å²) in [6, 6.07) is 0.